The van der Waals surface area contributed by atoms with Gasteiger partial charge in [0.05, 0.1) is 35.0 Å². The summed E-state index contributed by atoms with van der Waals surface area (Å²) in [6.07, 6.45) is 1.72. The number of amides is 1. The fraction of sp³-hybridized carbons (Fsp3) is 0.115. The van der Waals surface area contributed by atoms with Crippen molar-refractivity contribution in [3.63, 3.8) is 0 Å². The maximum absolute atomic E-state index is 13.6. The van der Waals surface area contributed by atoms with Crippen molar-refractivity contribution < 1.29 is 9.53 Å². The minimum atomic E-state index is -0.193. The minimum Gasteiger partial charge on any atom is -0.497 e. The van der Waals surface area contributed by atoms with E-state index in [1.54, 1.807) is 34.8 Å². The van der Waals surface area contributed by atoms with Crippen molar-refractivity contribution in [1.29, 1.82) is 0 Å². The van der Waals surface area contributed by atoms with E-state index in [1.165, 1.54) is 0 Å². The van der Waals surface area contributed by atoms with Gasteiger partial charge < -0.3 is 9.64 Å². The highest BCUT2D eigenvalue weighted by Crippen LogP contribution is 2.37. The fourth-order valence-corrected chi connectivity index (χ4v) is 4.63. The van der Waals surface area contributed by atoms with Gasteiger partial charge in [-0.1, -0.05) is 18.2 Å². The van der Waals surface area contributed by atoms with Crippen LogP contribution >= 0.6 is 22.6 Å². The molecule has 0 fully saturated rings. The number of aromatic nitrogens is 2. The number of likely N-dealkylation sites (N-methyl/N-ethyl adjacent to an activating group) is 1. The van der Waals surface area contributed by atoms with Gasteiger partial charge in [0.25, 0.3) is 11.5 Å². The molecule has 0 N–H and O–H groups in total. The summed E-state index contributed by atoms with van der Waals surface area (Å²) in [5.41, 5.74) is 3.26. The number of carbonyl (C=O) groups excluding carboxylic acids is 1. The Balaban J connectivity index is 1.80. The molecule has 164 valence electrons. The van der Waals surface area contributed by atoms with Gasteiger partial charge >= 0.3 is 0 Å². The third kappa shape index (κ3) is 3.62. The van der Waals surface area contributed by atoms with Crippen molar-refractivity contribution in [2.24, 2.45) is 0 Å². The summed E-state index contributed by atoms with van der Waals surface area (Å²) >= 11 is 2.18. The lowest BCUT2D eigenvalue weighted by Crippen LogP contribution is -2.26. The van der Waals surface area contributed by atoms with Crippen LogP contribution in [0, 0.1) is 3.57 Å². The molecule has 0 aliphatic carbocycles. The Morgan fingerprint density at radius 1 is 1.03 bits per heavy atom. The van der Waals surface area contributed by atoms with Crippen molar-refractivity contribution >= 4 is 56.7 Å². The SMILES string of the molecule is CCN1C(=O)/C(=C\c2nc3ccc(I)cc3c(=O)n2-c2ccc(OC)cc2)c2ccccc21. The Labute approximate surface area is 204 Å². The van der Waals surface area contributed by atoms with E-state index in [-0.39, 0.29) is 11.5 Å². The number of benzene rings is 3. The monoisotopic (exact) mass is 549 g/mol. The summed E-state index contributed by atoms with van der Waals surface area (Å²) in [7, 11) is 1.60. The van der Waals surface area contributed by atoms with E-state index in [2.05, 4.69) is 22.6 Å². The van der Waals surface area contributed by atoms with E-state index in [1.807, 2.05) is 61.5 Å². The van der Waals surface area contributed by atoms with Crippen LogP contribution in [0.25, 0.3) is 28.2 Å². The number of ether oxygens (including phenoxy) is 1. The van der Waals surface area contributed by atoms with E-state index in [0.717, 1.165) is 14.8 Å². The van der Waals surface area contributed by atoms with E-state index in [4.69, 9.17) is 9.72 Å². The van der Waals surface area contributed by atoms with Crippen LogP contribution in [0.15, 0.2) is 71.5 Å². The number of para-hydroxylation sites is 1. The average molecular weight is 549 g/mol. The molecule has 0 bridgehead atoms. The first-order valence-corrected chi connectivity index (χ1v) is 11.6. The number of anilines is 1. The van der Waals surface area contributed by atoms with Gasteiger partial charge in [-0.05, 0) is 84.1 Å². The van der Waals surface area contributed by atoms with Crippen LogP contribution < -0.4 is 15.2 Å². The molecule has 0 saturated carbocycles. The fourth-order valence-electron chi connectivity index (χ4n) is 4.14. The maximum atomic E-state index is 13.6. The summed E-state index contributed by atoms with van der Waals surface area (Å²) in [4.78, 5) is 33.4. The number of hydrogen-bond acceptors (Lipinski definition) is 4. The number of rotatable bonds is 4. The molecule has 0 unspecified atom stereocenters. The van der Waals surface area contributed by atoms with E-state index in [0.29, 0.717) is 40.3 Å². The molecule has 33 heavy (non-hydrogen) atoms. The number of fused-ring (bicyclic) bond motifs is 2. The first kappa shape index (κ1) is 21.4. The van der Waals surface area contributed by atoms with Gasteiger partial charge in [-0.2, -0.15) is 0 Å². The van der Waals surface area contributed by atoms with Crippen molar-refractivity contribution in [2.75, 3.05) is 18.6 Å². The molecule has 0 radical (unpaired) electrons. The second-order valence-electron chi connectivity index (χ2n) is 7.59. The summed E-state index contributed by atoms with van der Waals surface area (Å²) in [6, 6.07) is 20.5. The van der Waals surface area contributed by atoms with Crippen LogP contribution in [0.3, 0.4) is 0 Å². The predicted molar refractivity (Wildman–Crippen MR) is 139 cm³/mol. The lowest BCUT2D eigenvalue weighted by molar-refractivity contribution is -0.112. The molecule has 0 spiro atoms. The van der Waals surface area contributed by atoms with Crippen LogP contribution in [-0.2, 0) is 4.79 Å². The Morgan fingerprint density at radius 2 is 1.79 bits per heavy atom. The number of hydrogen-bond donors (Lipinski definition) is 0. The smallest absolute Gasteiger partial charge is 0.266 e. The van der Waals surface area contributed by atoms with E-state index in [9.17, 15) is 9.59 Å². The molecule has 0 saturated heterocycles. The van der Waals surface area contributed by atoms with Gasteiger partial charge in [0.2, 0.25) is 0 Å². The first-order valence-electron chi connectivity index (χ1n) is 10.5. The summed E-state index contributed by atoms with van der Waals surface area (Å²) in [6.45, 7) is 2.50. The van der Waals surface area contributed by atoms with Gasteiger partial charge in [0.1, 0.15) is 11.6 Å². The molecule has 7 heteroatoms. The van der Waals surface area contributed by atoms with Gasteiger partial charge in [0, 0.05) is 15.7 Å². The van der Waals surface area contributed by atoms with Crippen molar-refractivity contribution in [2.45, 2.75) is 6.92 Å². The second kappa shape index (κ2) is 8.47. The van der Waals surface area contributed by atoms with Crippen LogP contribution in [0.1, 0.15) is 18.3 Å². The molecule has 0 atom stereocenters. The van der Waals surface area contributed by atoms with Gasteiger partial charge in [-0.15, -0.1) is 0 Å². The number of nitrogens with zero attached hydrogens (tertiary/aromatic N) is 3. The Hall–Kier alpha value is -3.46. The van der Waals surface area contributed by atoms with Crippen molar-refractivity contribution in [3.8, 4) is 11.4 Å². The molecule has 3 aromatic carbocycles. The number of carbonyl (C=O) groups is 1. The quantitative estimate of drug-likeness (QED) is 0.268. The lowest BCUT2D eigenvalue weighted by Gasteiger charge is -2.14. The van der Waals surface area contributed by atoms with E-state index >= 15 is 0 Å². The summed E-state index contributed by atoms with van der Waals surface area (Å²) in [5, 5.41) is 0.521. The Bertz CT molecular complexity index is 1490. The highest BCUT2D eigenvalue weighted by atomic mass is 127. The zero-order chi connectivity index (χ0) is 23.1. The Morgan fingerprint density at radius 3 is 2.52 bits per heavy atom. The van der Waals surface area contributed by atoms with E-state index < -0.39 is 0 Å². The highest BCUT2D eigenvalue weighted by molar-refractivity contribution is 14.1. The third-order valence-corrected chi connectivity index (χ3v) is 6.41. The molecule has 1 aliphatic heterocycles. The summed E-state index contributed by atoms with van der Waals surface area (Å²) < 4.78 is 7.77. The molecular formula is C26H20IN3O3. The molecule has 1 aromatic heterocycles. The minimum absolute atomic E-state index is 0.100. The highest BCUT2D eigenvalue weighted by Gasteiger charge is 2.31. The standard InChI is InChI=1S/C26H20IN3O3/c1-3-29-23-7-5-4-6-19(23)20(25(29)31)15-24-28-22-13-8-16(27)14-21(22)26(32)30(24)17-9-11-18(33-2)12-10-17/h4-15H,3H2,1-2H3/b20-15-. The molecule has 1 amide bonds. The first-order chi connectivity index (χ1) is 16.0. The van der Waals surface area contributed by atoms with Crippen LogP contribution in [0.4, 0.5) is 5.69 Å². The maximum Gasteiger partial charge on any atom is 0.266 e. The lowest BCUT2D eigenvalue weighted by atomic mass is 10.1. The molecule has 2 heterocycles. The van der Waals surface area contributed by atoms with Gasteiger partial charge in [-0.3, -0.25) is 14.2 Å². The zero-order valence-electron chi connectivity index (χ0n) is 18.1. The number of methoxy groups -OCH3 is 1. The summed E-state index contributed by atoms with van der Waals surface area (Å²) in [5.74, 6) is 0.986. The van der Waals surface area contributed by atoms with Gasteiger partial charge in [0.15, 0.2) is 0 Å². The van der Waals surface area contributed by atoms with Crippen LogP contribution in [0.2, 0.25) is 0 Å². The molecule has 5 rings (SSSR count). The van der Waals surface area contributed by atoms with Crippen molar-refractivity contribution in [3.05, 3.63) is 92.0 Å². The number of halogens is 1. The molecule has 6 nitrogen and oxygen atoms in total. The topological polar surface area (TPSA) is 64.4 Å². The molecule has 4 aromatic rings. The molecular weight excluding hydrogens is 529 g/mol. The predicted octanol–water partition coefficient (Wildman–Crippen LogP) is 4.91. The largest absolute Gasteiger partial charge is 0.497 e. The molecule has 1 aliphatic rings. The zero-order valence-corrected chi connectivity index (χ0v) is 20.2. The third-order valence-electron chi connectivity index (χ3n) is 5.74. The second-order valence-corrected chi connectivity index (χ2v) is 8.84. The average Bonchev–Trinajstić information content (AvgIpc) is 3.10. The van der Waals surface area contributed by atoms with Crippen LogP contribution in [0.5, 0.6) is 5.75 Å². The van der Waals surface area contributed by atoms with Gasteiger partial charge in [-0.25, -0.2) is 4.98 Å². The van der Waals surface area contributed by atoms with Crippen molar-refractivity contribution in [1.82, 2.24) is 9.55 Å². The Kier molecular flexibility index (Phi) is 5.49. The van der Waals surface area contributed by atoms with Crippen LogP contribution in [-0.4, -0.2) is 29.1 Å². The normalized spacial score (nSPS) is 14.2.